The molecular weight excluding hydrogens is 170 g/mol. The normalized spacial score (nSPS) is 10.8. The van der Waals surface area contributed by atoms with Crippen molar-refractivity contribution in [1.82, 2.24) is 0 Å². The summed E-state index contributed by atoms with van der Waals surface area (Å²) in [4.78, 5) is 21.6. The molecule has 72 valence electrons. The van der Waals surface area contributed by atoms with Crippen molar-refractivity contribution in [2.45, 2.75) is 13.3 Å². The highest BCUT2D eigenvalue weighted by molar-refractivity contribution is 5.98. The second-order valence-corrected chi connectivity index (χ2v) is 2.38. The lowest BCUT2D eigenvalue weighted by Gasteiger charge is -1.99. The monoisotopic (exact) mass is 183 g/mol. The Hall–Kier alpha value is -1.42. The molecule has 0 fully saturated rings. The molecule has 4 heteroatoms. The van der Waals surface area contributed by atoms with Crippen LogP contribution in [0, 0.1) is 0 Å². The molecule has 0 amide bonds. The van der Waals surface area contributed by atoms with Crippen molar-refractivity contribution in [3.63, 3.8) is 0 Å². The van der Waals surface area contributed by atoms with Gasteiger partial charge in [-0.05, 0) is 19.9 Å². The number of rotatable bonds is 4. The van der Waals surface area contributed by atoms with E-state index in [1.54, 1.807) is 13.0 Å². The molecule has 0 saturated carbocycles. The maximum Gasteiger partial charge on any atom is 0.341 e. The standard InChI is InChI=1S/C9H13NO3/c1-3-8(11)13-9(12)7(2)5-4-6-10/h3,5H,1,4,6,10H2,2H3. The fourth-order valence-electron chi connectivity index (χ4n) is 0.597. The largest absolute Gasteiger partial charge is 0.386 e. The molecule has 0 aliphatic carbocycles. The Kier molecular flexibility index (Phi) is 5.47. The molecule has 0 aromatic carbocycles. The van der Waals surface area contributed by atoms with E-state index in [0.29, 0.717) is 18.5 Å². The molecular formula is C9H13NO3. The molecule has 0 saturated heterocycles. The first-order valence-corrected chi connectivity index (χ1v) is 3.87. The predicted octanol–water partition coefficient (Wildman–Crippen LogP) is 0.537. The Balaban J connectivity index is 4.10. The van der Waals surface area contributed by atoms with Gasteiger partial charge in [-0.2, -0.15) is 0 Å². The smallest absolute Gasteiger partial charge is 0.341 e. The minimum absolute atomic E-state index is 0.376. The molecule has 0 aromatic rings. The molecule has 0 atom stereocenters. The number of esters is 2. The van der Waals surface area contributed by atoms with Crippen molar-refractivity contribution in [3.8, 4) is 0 Å². The van der Waals surface area contributed by atoms with Crippen LogP contribution in [-0.2, 0) is 14.3 Å². The average molecular weight is 183 g/mol. The minimum atomic E-state index is -0.745. The van der Waals surface area contributed by atoms with Crippen LogP contribution in [0.3, 0.4) is 0 Å². The number of nitrogens with two attached hydrogens (primary N) is 1. The van der Waals surface area contributed by atoms with Gasteiger partial charge in [0, 0.05) is 11.6 Å². The van der Waals surface area contributed by atoms with Gasteiger partial charge in [0.2, 0.25) is 0 Å². The number of hydrogen-bond acceptors (Lipinski definition) is 4. The van der Waals surface area contributed by atoms with Crippen LogP contribution in [0.25, 0.3) is 0 Å². The Labute approximate surface area is 77.1 Å². The Morgan fingerprint density at radius 1 is 1.54 bits per heavy atom. The van der Waals surface area contributed by atoms with Gasteiger partial charge in [0.25, 0.3) is 0 Å². The fourth-order valence-corrected chi connectivity index (χ4v) is 0.597. The third kappa shape index (κ3) is 4.92. The molecule has 0 rings (SSSR count). The van der Waals surface area contributed by atoms with Gasteiger partial charge in [0.05, 0.1) is 0 Å². The summed E-state index contributed by atoms with van der Waals surface area (Å²) in [5.41, 5.74) is 5.60. The van der Waals surface area contributed by atoms with E-state index in [4.69, 9.17) is 5.73 Å². The molecule has 0 unspecified atom stereocenters. The van der Waals surface area contributed by atoms with E-state index in [0.717, 1.165) is 6.08 Å². The summed E-state index contributed by atoms with van der Waals surface area (Å²) in [6.45, 7) is 5.19. The molecule has 4 nitrogen and oxygen atoms in total. The van der Waals surface area contributed by atoms with Crippen LogP contribution >= 0.6 is 0 Å². The quantitative estimate of drug-likeness (QED) is 0.392. The molecule has 0 bridgehead atoms. The van der Waals surface area contributed by atoms with Crippen LogP contribution in [0.2, 0.25) is 0 Å². The van der Waals surface area contributed by atoms with Gasteiger partial charge in [-0.3, -0.25) is 0 Å². The van der Waals surface area contributed by atoms with Crippen LogP contribution in [0.4, 0.5) is 0 Å². The zero-order valence-electron chi connectivity index (χ0n) is 7.58. The molecule has 13 heavy (non-hydrogen) atoms. The average Bonchev–Trinajstić information content (AvgIpc) is 2.13. The lowest BCUT2D eigenvalue weighted by Crippen LogP contribution is -2.11. The van der Waals surface area contributed by atoms with Crippen molar-refractivity contribution < 1.29 is 14.3 Å². The highest BCUT2D eigenvalue weighted by Crippen LogP contribution is 1.98. The maximum atomic E-state index is 11.0. The van der Waals surface area contributed by atoms with E-state index in [-0.39, 0.29) is 0 Å². The Morgan fingerprint density at radius 2 is 2.15 bits per heavy atom. The van der Waals surface area contributed by atoms with Gasteiger partial charge in [0.1, 0.15) is 0 Å². The Morgan fingerprint density at radius 3 is 2.62 bits per heavy atom. The van der Waals surface area contributed by atoms with Gasteiger partial charge >= 0.3 is 11.9 Å². The SMILES string of the molecule is C=CC(=O)OC(=O)C(C)=CCCN. The predicted molar refractivity (Wildman–Crippen MR) is 48.7 cm³/mol. The van der Waals surface area contributed by atoms with Crippen LogP contribution < -0.4 is 5.73 Å². The number of carbonyl (C=O) groups excluding carboxylic acids is 2. The first-order chi connectivity index (χ1) is 6.11. The summed E-state index contributed by atoms with van der Waals surface area (Å²) < 4.78 is 4.35. The number of carbonyl (C=O) groups is 2. The Bertz CT molecular complexity index is 243. The van der Waals surface area contributed by atoms with Crippen LogP contribution in [-0.4, -0.2) is 18.5 Å². The molecule has 0 aliphatic heterocycles. The van der Waals surface area contributed by atoms with Crippen molar-refractivity contribution in [2.75, 3.05) is 6.54 Å². The van der Waals surface area contributed by atoms with E-state index in [1.165, 1.54) is 0 Å². The van der Waals surface area contributed by atoms with E-state index in [2.05, 4.69) is 11.3 Å². The second kappa shape index (κ2) is 6.14. The first-order valence-electron chi connectivity index (χ1n) is 3.87. The highest BCUT2D eigenvalue weighted by Gasteiger charge is 2.08. The number of hydrogen-bond donors (Lipinski definition) is 1. The summed E-state index contributed by atoms with van der Waals surface area (Å²) in [5, 5.41) is 0. The molecule has 2 N–H and O–H groups in total. The van der Waals surface area contributed by atoms with Crippen LogP contribution in [0.1, 0.15) is 13.3 Å². The van der Waals surface area contributed by atoms with E-state index in [9.17, 15) is 9.59 Å². The van der Waals surface area contributed by atoms with Gasteiger partial charge < -0.3 is 10.5 Å². The molecule has 0 spiro atoms. The first kappa shape index (κ1) is 11.6. The zero-order valence-corrected chi connectivity index (χ0v) is 7.58. The van der Waals surface area contributed by atoms with E-state index in [1.807, 2.05) is 0 Å². The molecule has 0 aliphatic rings. The van der Waals surface area contributed by atoms with Gasteiger partial charge in [0.15, 0.2) is 0 Å². The van der Waals surface area contributed by atoms with E-state index >= 15 is 0 Å². The minimum Gasteiger partial charge on any atom is -0.386 e. The fraction of sp³-hybridized carbons (Fsp3) is 0.333. The highest BCUT2D eigenvalue weighted by atomic mass is 16.6. The summed E-state index contributed by atoms with van der Waals surface area (Å²) in [5.74, 6) is -1.40. The number of ether oxygens (including phenoxy) is 1. The van der Waals surface area contributed by atoms with E-state index < -0.39 is 11.9 Å². The second-order valence-electron chi connectivity index (χ2n) is 2.38. The summed E-state index contributed by atoms with van der Waals surface area (Å²) in [7, 11) is 0. The van der Waals surface area contributed by atoms with Crippen LogP contribution in [0.15, 0.2) is 24.3 Å². The summed E-state index contributed by atoms with van der Waals surface area (Å²) in [6.07, 6.45) is 3.15. The molecule has 0 radical (unpaired) electrons. The zero-order chi connectivity index (χ0) is 10.3. The maximum absolute atomic E-state index is 11.0. The van der Waals surface area contributed by atoms with Crippen molar-refractivity contribution in [3.05, 3.63) is 24.3 Å². The molecule has 0 aromatic heterocycles. The third-order valence-corrected chi connectivity index (χ3v) is 1.30. The molecule has 0 heterocycles. The van der Waals surface area contributed by atoms with Crippen LogP contribution in [0.5, 0.6) is 0 Å². The lowest BCUT2D eigenvalue weighted by atomic mass is 10.2. The van der Waals surface area contributed by atoms with Gasteiger partial charge in [-0.25, -0.2) is 9.59 Å². The van der Waals surface area contributed by atoms with Crippen molar-refractivity contribution in [2.24, 2.45) is 5.73 Å². The summed E-state index contributed by atoms with van der Waals surface area (Å²) >= 11 is 0. The third-order valence-electron chi connectivity index (χ3n) is 1.30. The summed E-state index contributed by atoms with van der Waals surface area (Å²) in [6, 6.07) is 0. The van der Waals surface area contributed by atoms with Gasteiger partial charge in [-0.15, -0.1) is 0 Å². The lowest BCUT2D eigenvalue weighted by molar-refractivity contribution is -0.153. The van der Waals surface area contributed by atoms with Gasteiger partial charge in [-0.1, -0.05) is 12.7 Å². The topological polar surface area (TPSA) is 69.4 Å². The van der Waals surface area contributed by atoms with Crippen molar-refractivity contribution >= 4 is 11.9 Å². The van der Waals surface area contributed by atoms with Crippen molar-refractivity contribution in [1.29, 1.82) is 0 Å².